The van der Waals surface area contributed by atoms with E-state index in [0.29, 0.717) is 6.04 Å². The second kappa shape index (κ2) is 7.67. The van der Waals surface area contributed by atoms with Crippen molar-refractivity contribution in [1.29, 1.82) is 0 Å². The van der Waals surface area contributed by atoms with E-state index < -0.39 is 0 Å². The van der Waals surface area contributed by atoms with Crippen molar-refractivity contribution in [3.05, 3.63) is 0 Å². The monoisotopic (exact) mass is 269 g/mol. The van der Waals surface area contributed by atoms with E-state index in [0.717, 1.165) is 64.7 Å². The van der Waals surface area contributed by atoms with Crippen LogP contribution in [0.3, 0.4) is 0 Å². The van der Waals surface area contributed by atoms with Gasteiger partial charge in [-0.2, -0.15) is 0 Å². The summed E-state index contributed by atoms with van der Waals surface area (Å²) in [6.45, 7) is 8.93. The molecule has 0 bridgehead atoms. The summed E-state index contributed by atoms with van der Waals surface area (Å²) in [5.74, 6) is 6.45. The van der Waals surface area contributed by atoms with Gasteiger partial charge in [-0.25, -0.2) is 5.84 Å². The third-order valence-corrected chi connectivity index (χ3v) is 3.93. The number of unbranched alkanes of at least 4 members (excludes halogenated alkanes) is 1. The Morgan fingerprint density at radius 3 is 2.84 bits per heavy atom. The van der Waals surface area contributed by atoms with E-state index in [4.69, 9.17) is 10.6 Å². The Morgan fingerprint density at radius 1 is 1.37 bits per heavy atom. The zero-order valence-electron chi connectivity index (χ0n) is 12.0. The van der Waals surface area contributed by atoms with Crippen molar-refractivity contribution in [2.24, 2.45) is 10.8 Å². The molecule has 2 saturated heterocycles. The SMILES string of the molecule is CCCCN=C(NN)N1CCC(N2CCOCC2)C1. The summed E-state index contributed by atoms with van der Waals surface area (Å²) in [4.78, 5) is 9.36. The molecule has 0 radical (unpaired) electrons. The molecule has 6 heteroatoms. The van der Waals surface area contributed by atoms with Crippen molar-refractivity contribution in [2.45, 2.75) is 32.2 Å². The lowest BCUT2D eigenvalue weighted by molar-refractivity contribution is 0.0195. The number of likely N-dealkylation sites (tertiary alicyclic amines) is 1. The summed E-state index contributed by atoms with van der Waals surface area (Å²) in [5.41, 5.74) is 2.76. The summed E-state index contributed by atoms with van der Waals surface area (Å²) in [6, 6.07) is 0.619. The average Bonchev–Trinajstić information content (AvgIpc) is 2.94. The molecule has 0 saturated carbocycles. The van der Waals surface area contributed by atoms with Crippen LogP contribution >= 0.6 is 0 Å². The molecule has 0 aromatic carbocycles. The highest BCUT2D eigenvalue weighted by Crippen LogP contribution is 2.16. The molecule has 1 unspecified atom stereocenters. The number of ether oxygens (including phenoxy) is 1. The van der Waals surface area contributed by atoms with Crippen LogP contribution in [0.4, 0.5) is 0 Å². The summed E-state index contributed by atoms with van der Waals surface area (Å²) < 4.78 is 5.41. The van der Waals surface area contributed by atoms with Gasteiger partial charge in [-0.05, 0) is 12.8 Å². The molecule has 2 aliphatic heterocycles. The van der Waals surface area contributed by atoms with Crippen LogP contribution in [0.2, 0.25) is 0 Å². The fourth-order valence-electron chi connectivity index (χ4n) is 2.75. The normalized spacial score (nSPS) is 25.9. The minimum atomic E-state index is 0.619. The average molecular weight is 269 g/mol. The molecule has 0 amide bonds. The van der Waals surface area contributed by atoms with Gasteiger partial charge in [0.1, 0.15) is 0 Å². The summed E-state index contributed by atoms with van der Waals surface area (Å²) in [7, 11) is 0. The fraction of sp³-hybridized carbons (Fsp3) is 0.923. The Balaban J connectivity index is 1.83. The van der Waals surface area contributed by atoms with Gasteiger partial charge in [0.05, 0.1) is 13.2 Å². The summed E-state index contributed by atoms with van der Waals surface area (Å²) in [5, 5.41) is 0. The van der Waals surface area contributed by atoms with Gasteiger partial charge in [0.15, 0.2) is 0 Å². The number of aliphatic imine (C=N–C) groups is 1. The van der Waals surface area contributed by atoms with Crippen LogP contribution in [0.15, 0.2) is 4.99 Å². The number of nitrogens with one attached hydrogen (secondary N) is 1. The van der Waals surface area contributed by atoms with E-state index in [1.54, 1.807) is 0 Å². The number of hydrogen-bond donors (Lipinski definition) is 2. The molecule has 0 aromatic rings. The zero-order chi connectivity index (χ0) is 13.5. The van der Waals surface area contributed by atoms with Gasteiger partial charge in [0.2, 0.25) is 5.96 Å². The van der Waals surface area contributed by atoms with Crippen LogP contribution in [0.5, 0.6) is 0 Å². The van der Waals surface area contributed by atoms with Crippen molar-refractivity contribution >= 4 is 5.96 Å². The van der Waals surface area contributed by atoms with E-state index in [1.807, 2.05) is 0 Å². The third-order valence-electron chi connectivity index (χ3n) is 3.93. The number of nitrogens with zero attached hydrogens (tertiary/aromatic N) is 3. The summed E-state index contributed by atoms with van der Waals surface area (Å²) >= 11 is 0. The Morgan fingerprint density at radius 2 is 2.16 bits per heavy atom. The van der Waals surface area contributed by atoms with Crippen LogP contribution in [0.25, 0.3) is 0 Å². The van der Waals surface area contributed by atoms with Gasteiger partial charge in [0.25, 0.3) is 0 Å². The van der Waals surface area contributed by atoms with Crippen molar-refractivity contribution < 1.29 is 4.74 Å². The Bertz CT molecular complexity index is 291. The van der Waals surface area contributed by atoms with E-state index in [9.17, 15) is 0 Å². The number of hydrogen-bond acceptors (Lipinski definition) is 4. The molecule has 2 rings (SSSR count). The third kappa shape index (κ3) is 4.06. The Hall–Kier alpha value is -0.850. The first-order valence-electron chi connectivity index (χ1n) is 7.43. The molecular formula is C13H27N5O. The number of guanidine groups is 1. The predicted molar refractivity (Wildman–Crippen MR) is 76.9 cm³/mol. The predicted octanol–water partition coefficient (Wildman–Crippen LogP) is 0.0123. The summed E-state index contributed by atoms with van der Waals surface area (Å²) in [6.07, 6.45) is 3.47. The minimum Gasteiger partial charge on any atom is -0.379 e. The van der Waals surface area contributed by atoms with Crippen molar-refractivity contribution in [1.82, 2.24) is 15.2 Å². The first-order valence-corrected chi connectivity index (χ1v) is 7.43. The first-order chi connectivity index (χ1) is 9.35. The number of morpholine rings is 1. The molecular weight excluding hydrogens is 242 g/mol. The molecule has 0 aliphatic carbocycles. The van der Waals surface area contributed by atoms with Crippen molar-refractivity contribution in [3.63, 3.8) is 0 Å². The highest BCUT2D eigenvalue weighted by molar-refractivity contribution is 5.79. The lowest BCUT2D eigenvalue weighted by Gasteiger charge is -2.32. The van der Waals surface area contributed by atoms with Gasteiger partial charge in [0, 0.05) is 38.8 Å². The van der Waals surface area contributed by atoms with Crippen LogP contribution in [-0.2, 0) is 4.74 Å². The molecule has 110 valence electrons. The quantitative estimate of drug-likeness (QED) is 0.247. The van der Waals surface area contributed by atoms with Crippen molar-refractivity contribution in [2.75, 3.05) is 45.9 Å². The van der Waals surface area contributed by atoms with Crippen LogP contribution in [0.1, 0.15) is 26.2 Å². The van der Waals surface area contributed by atoms with Gasteiger partial charge >= 0.3 is 0 Å². The van der Waals surface area contributed by atoms with Crippen LogP contribution < -0.4 is 11.3 Å². The molecule has 0 aromatic heterocycles. The topological polar surface area (TPSA) is 66.1 Å². The van der Waals surface area contributed by atoms with Gasteiger partial charge < -0.3 is 9.64 Å². The van der Waals surface area contributed by atoms with Crippen molar-refractivity contribution in [3.8, 4) is 0 Å². The maximum atomic E-state index is 5.60. The lowest BCUT2D eigenvalue weighted by Crippen LogP contribution is -2.48. The number of rotatable bonds is 4. The Kier molecular flexibility index (Phi) is 5.88. The Labute approximate surface area is 115 Å². The zero-order valence-corrected chi connectivity index (χ0v) is 12.0. The molecule has 2 fully saturated rings. The standard InChI is InChI=1S/C13H27N5O/c1-2-3-5-15-13(16-14)18-6-4-12(11-18)17-7-9-19-10-8-17/h12H,2-11,14H2,1H3,(H,15,16). The van der Waals surface area contributed by atoms with Crippen LogP contribution in [0, 0.1) is 0 Å². The minimum absolute atomic E-state index is 0.619. The maximum absolute atomic E-state index is 5.60. The highest BCUT2D eigenvalue weighted by atomic mass is 16.5. The molecule has 6 nitrogen and oxygen atoms in total. The van der Waals surface area contributed by atoms with Gasteiger partial charge in [-0.15, -0.1) is 0 Å². The molecule has 2 heterocycles. The highest BCUT2D eigenvalue weighted by Gasteiger charge is 2.30. The van der Waals surface area contributed by atoms with Gasteiger partial charge in [-0.1, -0.05) is 13.3 Å². The number of hydrazine groups is 1. The van der Waals surface area contributed by atoms with E-state index >= 15 is 0 Å². The largest absolute Gasteiger partial charge is 0.379 e. The van der Waals surface area contributed by atoms with Gasteiger partial charge in [-0.3, -0.25) is 15.3 Å². The lowest BCUT2D eigenvalue weighted by atomic mass is 10.2. The molecule has 2 aliphatic rings. The fourth-order valence-corrected chi connectivity index (χ4v) is 2.75. The van der Waals surface area contributed by atoms with E-state index in [-0.39, 0.29) is 0 Å². The maximum Gasteiger partial charge on any atom is 0.208 e. The second-order valence-corrected chi connectivity index (χ2v) is 5.24. The smallest absolute Gasteiger partial charge is 0.208 e. The molecule has 1 atom stereocenters. The molecule has 19 heavy (non-hydrogen) atoms. The molecule has 0 spiro atoms. The molecule has 3 N–H and O–H groups in total. The van der Waals surface area contributed by atoms with E-state index in [1.165, 1.54) is 6.42 Å². The number of nitrogens with two attached hydrogens (primary N) is 1. The van der Waals surface area contributed by atoms with E-state index in [2.05, 4.69) is 27.1 Å². The first kappa shape index (κ1) is 14.6. The second-order valence-electron chi connectivity index (χ2n) is 5.24. The van der Waals surface area contributed by atoms with Crippen LogP contribution in [-0.4, -0.2) is 67.7 Å².